The fourth-order valence-electron chi connectivity index (χ4n) is 3.13. The number of thiophene rings is 1. The van der Waals surface area contributed by atoms with Crippen molar-refractivity contribution in [2.24, 2.45) is 0 Å². The standard InChI is InChI=1S/C19H15N3OS.2H2O.H2/c20-10-16-14-8-9-21-11-17(14)24-19(16)22-18(23)15-7-3-5-12-4-1-2-6-13(12)15;;;/h1-7,21H,8-9,11H2,(H,22,23);2*1H2;1H. The van der Waals surface area contributed by atoms with Gasteiger partial charge in [-0.1, -0.05) is 36.4 Å². The van der Waals surface area contributed by atoms with Gasteiger partial charge in [-0.2, -0.15) is 5.26 Å². The quantitative estimate of drug-likeness (QED) is 0.717. The monoisotopic (exact) mass is 371 g/mol. The maximum Gasteiger partial charge on any atom is 0.256 e. The number of benzene rings is 2. The highest BCUT2D eigenvalue weighted by atomic mass is 32.1. The fourth-order valence-corrected chi connectivity index (χ4v) is 4.30. The van der Waals surface area contributed by atoms with E-state index in [1.807, 2.05) is 42.5 Å². The third-order valence-electron chi connectivity index (χ3n) is 4.30. The van der Waals surface area contributed by atoms with E-state index in [2.05, 4.69) is 16.7 Å². The summed E-state index contributed by atoms with van der Waals surface area (Å²) in [5, 5.41) is 18.4. The number of hydrogen-bond donors (Lipinski definition) is 2. The van der Waals surface area contributed by atoms with Crippen molar-refractivity contribution in [2.75, 3.05) is 11.9 Å². The second kappa shape index (κ2) is 8.08. The van der Waals surface area contributed by atoms with Crippen molar-refractivity contribution in [3.05, 3.63) is 64.0 Å². The summed E-state index contributed by atoms with van der Waals surface area (Å²) >= 11 is 1.50. The predicted molar refractivity (Wildman–Crippen MR) is 106 cm³/mol. The number of nitrogens with one attached hydrogen (secondary N) is 2. The van der Waals surface area contributed by atoms with Gasteiger partial charge in [-0.15, -0.1) is 11.3 Å². The van der Waals surface area contributed by atoms with Gasteiger partial charge in [0.15, 0.2) is 0 Å². The van der Waals surface area contributed by atoms with Crippen LogP contribution in [-0.4, -0.2) is 23.4 Å². The summed E-state index contributed by atoms with van der Waals surface area (Å²) in [5.74, 6) is -0.171. The SMILES string of the molecule is N#Cc1c(NC(=O)c2cccc3ccccc23)sc2c1CCNC2.O.O.[HH]. The molecule has 136 valence electrons. The average molecular weight is 371 g/mol. The molecule has 2 heterocycles. The summed E-state index contributed by atoms with van der Waals surface area (Å²) in [4.78, 5) is 13.9. The molecule has 3 aromatic rings. The van der Waals surface area contributed by atoms with Crippen LogP contribution < -0.4 is 10.6 Å². The Bertz CT molecular complexity index is 992. The molecule has 1 amide bonds. The molecular weight excluding hydrogens is 350 g/mol. The van der Waals surface area contributed by atoms with Gasteiger partial charge < -0.3 is 21.6 Å². The fraction of sp³-hybridized carbons (Fsp3) is 0.158. The first-order chi connectivity index (χ1) is 11.8. The van der Waals surface area contributed by atoms with Gasteiger partial charge in [0.25, 0.3) is 5.91 Å². The van der Waals surface area contributed by atoms with Crippen molar-refractivity contribution in [3.63, 3.8) is 0 Å². The van der Waals surface area contributed by atoms with Crippen LogP contribution in [0, 0.1) is 11.3 Å². The number of carbonyl (C=O) groups is 1. The van der Waals surface area contributed by atoms with E-state index in [0.29, 0.717) is 16.1 Å². The van der Waals surface area contributed by atoms with Crippen molar-refractivity contribution in [3.8, 4) is 6.07 Å². The summed E-state index contributed by atoms with van der Waals surface area (Å²) in [6.07, 6.45) is 0.832. The zero-order chi connectivity index (χ0) is 16.5. The molecule has 0 bridgehead atoms. The maximum atomic E-state index is 12.8. The number of anilines is 1. The van der Waals surface area contributed by atoms with Crippen LogP contribution in [0.3, 0.4) is 0 Å². The summed E-state index contributed by atoms with van der Waals surface area (Å²) < 4.78 is 0. The summed E-state index contributed by atoms with van der Waals surface area (Å²) in [6, 6.07) is 15.8. The Balaban J connectivity index is 0.00000121. The van der Waals surface area contributed by atoms with E-state index in [1.165, 1.54) is 11.3 Å². The molecule has 1 aromatic heterocycles. The maximum absolute atomic E-state index is 12.8. The van der Waals surface area contributed by atoms with E-state index < -0.39 is 0 Å². The highest BCUT2D eigenvalue weighted by Crippen LogP contribution is 2.35. The molecule has 1 aliphatic heterocycles. The minimum absolute atomic E-state index is 0. The third-order valence-corrected chi connectivity index (χ3v) is 5.45. The Kier molecular flexibility index (Phi) is 6.08. The van der Waals surface area contributed by atoms with E-state index in [4.69, 9.17) is 0 Å². The van der Waals surface area contributed by atoms with Crippen LogP contribution in [-0.2, 0) is 13.0 Å². The van der Waals surface area contributed by atoms with E-state index in [1.54, 1.807) is 0 Å². The normalized spacial score (nSPS) is 12.3. The van der Waals surface area contributed by atoms with E-state index in [-0.39, 0.29) is 18.3 Å². The van der Waals surface area contributed by atoms with E-state index in [0.717, 1.165) is 40.7 Å². The van der Waals surface area contributed by atoms with Gasteiger partial charge in [-0.3, -0.25) is 4.79 Å². The molecule has 0 fully saturated rings. The number of carbonyl (C=O) groups excluding carboxylic acids is 1. The van der Waals surface area contributed by atoms with Crippen LogP contribution >= 0.6 is 11.3 Å². The number of fused-ring (bicyclic) bond motifs is 2. The van der Waals surface area contributed by atoms with Gasteiger partial charge in [0.1, 0.15) is 11.1 Å². The van der Waals surface area contributed by atoms with Gasteiger partial charge in [0, 0.05) is 18.4 Å². The molecular formula is C19H21N3O3S. The van der Waals surface area contributed by atoms with Gasteiger partial charge in [-0.05, 0) is 35.4 Å². The lowest BCUT2D eigenvalue weighted by atomic mass is 10.0. The molecule has 0 saturated heterocycles. The first-order valence-electron chi connectivity index (χ1n) is 7.82. The van der Waals surface area contributed by atoms with E-state index >= 15 is 0 Å². The number of hydrogen-bond acceptors (Lipinski definition) is 4. The zero-order valence-corrected chi connectivity index (χ0v) is 14.7. The second-order valence-electron chi connectivity index (χ2n) is 5.73. The summed E-state index contributed by atoms with van der Waals surface area (Å²) in [7, 11) is 0. The number of rotatable bonds is 2. The molecule has 0 atom stereocenters. The predicted octanol–water partition coefficient (Wildman–Crippen LogP) is 2.27. The second-order valence-corrected chi connectivity index (χ2v) is 6.83. The largest absolute Gasteiger partial charge is 0.412 e. The molecule has 6 nitrogen and oxygen atoms in total. The molecule has 0 aliphatic carbocycles. The minimum atomic E-state index is -0.171. The Labute approximate surface area is 156 Å². The Morgan fingerprint density at radius 1 is 1.19 bits per heavy atom. The molecule has 7 heteroatoms. The molecule has 0 radical (unpaired) electrons. The summed E-state index contributed by atoms with van der Waals surface area (Å²) in [5.41, 5.74) is 2.32. The van der Waals surface area contributed by atoms with Crippen molar-refractivity contribution >= 4 is 33.0 Å². The van der Waals surface area contributed by atoms with Gasteiger partial charge in [-0.25, -0.2) is 0 Å². The molecule has 0 spiro atoms. The summed E-state index contributed by atoms with van der Waals surface area (Å²) in [6.45, 7) is 1.63. The molecule has 2 aromatic carbocycles. The Hall–Kier alpha value is -2.76. The lowest BCUT2D eigenvalue weighted by molar-refractivity contribution is 0.102. The molecule has 26 heavy (non-hydrogen) atoms. The molecule has 1 aliphatic rings. The van der Waals surface area contributed by atoms with Crippen molar-refractivity contribution in [1.29, 1.82) is 5.26 Å². The van der Waals surface area contributed by atoms with Crippen LogP contribution in [0.1, 0.15) is 27.8 Å². The molecule has 4 rings (SSSR count). The Morgan fingerprint density at radius 3 is 2.77 bits per heavy atom. The first-order valence-corrected chi connectivity index (χ1v) is 8.64. The number of nitrogens with zero attached hydrogens (tertiary/aromatic N) is 1. The van der Waals surface area contributed by atoms with Crippen LogP contribution in [0.5, 0.6) is 0 Å². The molecule has 0 saturated carbocycles. The van der Waals surface area contributed by atoms with Gasteiger partial charge >= 0.3 is 0 Å². The Morgan fingerprint density at radius 2 is 1.96 bits per heavy atom. The highest BCUT2D eigenvalue weighted by Gasteiger charge is 2.22. The lowest BCUT2D eigenvalue weighted by Crippen LogP contribution is -2.22. The molecule has 0 unspecified atom stereocenters. The van der Waals surface area contributed by atoms with Crippen molar-refractivity contribution < 1.29 is 17.2 Å². The third kappa shape index (κ3) is 3.31. The number of nitriles is 1. The lowest BCUT2D eigenvalue weighted by Gasteiger charge is -2.11. The van der Waals surface area contributed by atoms with Crippen molar-refractivity contribution in [1.82, 2.24) is 5.32 Å². The smallest absolute Gasteiger partial charge is 0.256 e. The van der Waals surface area contributed by atoms with Gasteiger partial charge in [0.05, 0.1) is 5.56 Å². The highest BCUT2D eigenvalue weighted by molar-refractivity contribution is 7.16. The van der Waals surface area contributed by atoms with Crippen LogP contribution in [0.2, 0.25) is 0 Å². The first kappa shape index (κ1) is 19.6. The van der Waals surface area contributed by atoms with Crippen molar-refractivity contribution in [2.45, 2.75) is 13.0 Å². The minimum Gasteiger partial charge on any atom is -0.412 e. The number of amides is 1. The van der Waals surface area contributed by atoms with Crippen LogP contribution in [0.25, 0.3) is 10.8 Å². The topological polar surface area (TPSA) is 128 Å². The average Bonchev–Trinajstić information content (AvgIpc) is 2.98. The molecule has 6 N–H and O–H groups in total. The van der Waals surface area contributed by atoms with Crippen LogP contribution in [0.4, 0.5) is 5.00 Å². The van der Waals surface area contributed by atoms with E-state index in [9.17, 15) is 10.1 Å². The van der Waals surface area contributed by atoms with Gasteiger partial charge in [0.2, 0.25) is 0 Å². The zero-order valence-electron chi connectivity index (χ0n) is 13.9. The van der Waals surface area contributed by atoms with Crippen LogP contribution in [0.15, 0.2) is 42.5 Å².